The van der Waals surface area contributed by atoms with Gasteiger partial charge in [-0.1, -0.05) is 18.2 Å². The average molecular weight is 254 g/mol. The van der Waals surface area contributed by atoms with E-state index in [1.807, 2.05) is 0 Å². The van der Waals surface area contributed by atoms with Crippen LogP contribution < -0.4 is 11.5 Å². The van der Waals surface area contributed by atoms with E-state index in [4.69, 9.17) is 11.5 Å². The molecule has 0 spiro atoms. The van der Waals surface area contributed by atoms with Gasteiger partial charge in [0.05, 0.1) is 0 Å². The van der Waals surface area contributed by atoms with E-state index >= 15 is 0 Å². The summed E-state index contributed by atoms with van der Waals surface area (Å²) in [5, 5.41) is 1.26. The fraction of sp³-hybridized carbons (Fsp3) is 0.385. The monoisotopic (exact) mass is 253 g/mol. The van der Waals surface area contributed by atoms with Crippen LogP contribution in [0, 0.1) is 0 Å². The molecule has 1 atom stereocenters. The molecule has 1 aromatic heterocycles. The molecule has 94 valence electrons. The summed E-state index contributed by atoms with van der Waals surface area (Å²) in [7, 11) is 2.06. The van der Waals surface area contributed by atoms with Crippen LogP contribution in [-0.4, -0.2) is 11.1 Å². The Morgan fingerprint density at radius 3 is 2.71 bits per heavy atom. The molecule has 0 aliphatic carbocycles. The fourth-order valence-corrected chi connectivity index (χ4v) is 2.16. The number of aromatic nitrogens is 1. The lowest BCUT2D eigenvalue weighted by atomic mass is 10.0. The maximum Gasteiger partial charge on any atom is 0.0481 e. The Labute approximate surface area is 108 Å². The number of hydrogen-bond acceptors (Lipinski definition) is 2. The molecular weight excluding hydrogens is 234 g/mol. The molecular formula is C13H20ClN3. The van der Waals surface area contributed by atoms with Crippen LogP contribution in [0.2, 0.25) is 0 Å². The summed E-state index contributed by atoms with van der Waals surface area (Å²) in [6.45, 7) is 0.707. The highest BCUT2D eigenvalue weighted by atomic mass is 35.5. The van der Waals surface area contributed by atoms with Gasteiger partial charge in [0.25, 0.3) is 0 Å². The largest absolute Gasteiger partial charge is 0.350 e. The second kappa shape index (κ2) is 6.05. The minimum absolute atomic E-state index is 0. The SMILES string of the molecule is Cl.Cn1cc([C@H](N)CCCN)c2ccccc21. The number of halogens is 1. The molecule has 0 fully saturated rings. The van der Waals surface area contributed by atoms with Crippen molar-refractivity contribution in [3.05, 3.63) is 36.0 Å². The van der Waals surface area contributed by atoms with Gasteiger partial charge in [0.2, 0.25) is 0 Å². The predicted molar refractivity (Wildman–Crippen MR) is 75.4 cm³/mol. The highest BCUT2D eigenvalue weighted by molar-refractivity contribution is 5.85. The number of fused-ring (bicyclic) bond motifs is 1. The maximum atomic E-state index is 6.19. The molecule has 0 saturated heterocycles. The Balaban J connectivity index is 0.00000144. The molecule has 0 aliphatic rings. The van der Waals surface area contributed by atoms with E-state index in [0.717, 1.165) is 12.8 Å². The van der Waals surface area contributed by atoms with Crippen LogP contribution in [0.25, 0.3) is 10.9 Å². The van der Waals surface area contributed by atoms with Crippen LogP contribution in [0.4, 0.5) is 0 Å². The van der Waals surface area contributed by atoms with Gasteiger partial charge < -0.3 is 16.0 Å². The lowest BCUT2D eigenvalue weighted by Crippen LogP contribution is -2.12. The van der Waals surface area contributed by atoms with Gasteiger partial charge in [-0.2, -0.15) is 0 Å². The quantitative estimate of drug-likeness (QED) is 0.879. The van der Waals surface area contributed by atoms with E-state index in [2.05, 4.69) is 42.1 Å². The molecule has 0 saturated carbocycles. The first-order valence-corrected chi connectivity index (χ1v) is 5.73. The number of benzene rings is 1. The number of rotatable bonds is 4. The molecule has 2 aromatic rings. The Bertz CT molecular complexity index is 478. The Morgan fingerprint density at radius 1 is 1.29 bits per heavy atom. The summed E-state index contributed by atoms with van der Waals surface area (Å²) < 4.78 is 2.13. The van der Waals surface area contributed by atoms with Crippen molar-refractivity contribution in [2.45, 2.75) is 18.9 Å². The minimum atomic E-state index is 0. The molecule has 3 nitrogen and oxygen atoms in total. The zero-order chi connectivity index (χ0) is 11.5. The standard InChI is InChI=1S/C13H19N3.ClH/c1-16-9-11(12(15)6-4-8-14)10-5-2-3-7-13(10)16;/h2-3,5,7,9,12H,4,6,8,14-15H2,1H3;1H/t12-;/m1./s1. The van der Waals surface area contributed by atoms with Crippen LogP contribution in [0.15, 0.2) is 30.5 Å². The van der Waals surface area contributed by atoms with Crippen LogP contribution in [0.5, 0.6) is 0 Å². The maximum absolute atomic E-state index is 6.19. The van der Waals surface area contributed by atoms with E-state index in [9.17, 15) is 0 Å². The Morgan fingerprint density at radius 2 is 2.00 bits per heavy atom. The first-order chi connectivity index (χ1) is 7.74. The van der Waals surface area contributed by atoms with Crippen LogP contribution >= 0.6 is 12.4 Å². The molecule has 2 rings (SSSR count). The summed E-state index contributed by atoms with van der Waals surface area (Å²) in [6.07, 6.45) is 4.06. The lowest BCUT2D eigenvalue weighted by molar-refractivity contribution is 0.620. The Kier molecular flexibility index (Phi) is 5.00. The fourth-order valence-electron chi connectivity index (χ4n) is 2.16. The number of aryl methyl sites for hydroxylation is 1. The molecule has 4 heteroatoms. The summed E-state index contributed by atoms with van der Waals surface area (Å²) >= 11 is 0. The van der Waals surface area contributed by atoms with Crippen molar-refractivity contribution in [3.63, 3.8) is 0 Å². The van der Waals surface area contributed by atoms with Gasteiger partial charge in [-0.15, -0.1) is 12.4 Å². The third kappa shape index (κ3) is 2.80. The smallest absolute Gasteiger partial charge is 0.0481 e. The zero-order valence-electron chi connectivity index (χ0n) is 10.1. The Hall–Kier alpha value is -1.03. The highest BCUT2D eigenvalue weighted by Gasteiger charge is 2.12. The molecule has 0 aliphatic heterocycles. The number of nitrogens with two attached hydrogens (primary N) is 2. The van der Waals surface area contributed by atoms with Crippen LogP contribution in [0.1, 0.15) is 24.4 Å². The van der Waals surface area contributed by atoms with Gasteiger partial charge in [-0.05, 0) is 31.0 Å². The van der Waals surface area contributed by atoms with Crippen molar-refractivity contribution in [1.82, 2.24) is 4.57 Å². The van der Waals surface area contributed by atoms with Crippen molar-refractivity contribution < 1.29 is 0 Å². The molecule has 0 unspecified atom stereocenters. The first-order valence-electron chi connectivity index (χ1n) is 5.73. The molecule has 1 heterocycles. The molecule has 0 bridgehead atoms. The van der Waals surface area contributed by atoms with Gasteiger partial charge in [-0.25, -0.2) is 0 Å². The third-order valence-corrected chi connectivity index (χ3v) is 3.05. The molecule has 1 aromatic carbocycles. The van der Waals surface area contributed by atoms with Crippen molar-refractivity contribution in [3.8, 4) is 0 Å². The average Bonchev–Trinajstić information content (AvgIpc) is 2.65. The van der Waals surface area contributed by atoms with Gasteiger partial charge in [0.1, 0.15) is 0 Å². The summed E-state index contributed by atoms with van der Waals surface area (Å²) in [5.74, 6) is 0. The van der Waals surface area contributed by atoms with Crippen molar-refractivity contribution in [2.75, 3.05) is 6.54 Å². The van der Waals surface area contributed by atoms with Crippen LogP contribution in [-0.2, 0) is 7.05 Å². The van der Waals surface area contributed by atoms with E-state index in [1.165, 1.54) is 16.5 Å². The van der Waals surface area contributed by atoms with E-state index in [0.29, 0.717) is 6.54 Å². The molecule has 0 amide bonds. The second-order valence-electron chi connectivity index (χ2n) is 4.25. The summed E-state index contributed by atoms with van der Waals surface area (Å²) in [6, 6.07) is 8.45. The zero-order valence-corrected chi connectivity index (χ0v) is 10.9. The van der Waals surface area contributed by atoms with Gasteiger partial charge in [0.15, 0.2) is 0 Å². The van der Waals surface area contributed by atoms with Gasteiger partial charge in [-0.3, -0.25) is 0 Å². The van der Waals surface area contributed by atoms with Crippen molar-refractivity contribution in [2.24, 2.45) is 18.5 Å². The molecule has 17 heavy (non-hydrogen) atoms. The highest BCUT2D eigenvalue weighted by Crippen LogP contribution is 2.26. The number of hydrogen-bond donors (Lipinski definition) is 2. The van der Waals surface area contributed by atoms with Crippen molar-refractivity contribution in [1.29, 1.82) is 0 Å². The lowest BCUT2D eigenvalue weighted by Gasteiger charge is -2.09. The van der Waals surface area contributed by atoms with E-state index in [1.54, 1.807) is 0 Å². The van der Waals surface area contributed by atoms with E-state index in [-0.39, 0.29) is 18.4 Å². The molecule has 4 N–H and O–H groups in total. The molecule has 0 radical (unpaired) electrons. The van der Waals surface area contributed by atoms with E-state index < -0.39 is 0 Å². The number of para-hydroxylation sites is 1. The minimum Gasteiger partial charge on any atom is -0.350 e. The summed E-state index contributed by atoms with van der Waals surface area (Å²) in [5.41, 5.74) is 14.2. The third-order valence-electron chi connectivity index (χ3n) is 3.05. The second-order valence-corrected chi connectivity index (χ2v) is 4.25. The van der Waals surface area contributed by atoms with Crippen LogP contribution in [0.3, 0.4) is 0 Å². The summed E-state index contributed by atoms with van der Waals surface area (Å²) in [4.78, 5) is 0. The first kappa shape index (κ1) is 14.0. The van der Waals surface area contributed by atoms with Gasteiger partial charge in [0, 0.05) is 30.2 Å². The normalized spacial score (nSPS) is 12.4. The number of nitrogens with zero attached hydrogens (tertiary/aromatic N) is 1. The predicted octanol–water partition coefficient (Wildman–Crippen LogP) is 2.34. The van der Waals surface area contributed by atoms with Gasteiger partial charge >= 0.3 is 0 Å². The topological polar surface area (TPSA) is 57.0 Å². The van der Waals surface area contributed by atoms with Crippen molar-refractivity contribution >= 4 is 23.3 Å².